The van der Waals surface area contributed by atoms with Crippen molar-refractivity contribution in [3.63, 3.8) is 0 Å². The molecule has 0 aliphatic carbocycles. The molecule has 1 atom stereocenters. The van der Waals surface area contributed by atoms with Gasteiger partial charge in [-0.25, -0.2) is 9.98 Å². The second-order valence-electron chi connectivity index (χ2n) is 17.3. The second-order valence-corrected chi connectivity index (χ2v) is 18.3. The molecule has 0 radical (unpaired) electrons. The van der Waals surface area contributed by atoms with Crippen LogP contribution < -0.4 is 5.32 Å². The number of aliphatic imine (C=N–C) groups is 2. The van der Waals surface area contributed by atoms with Crippen molar-refractivity contribution in [1.82, 2.24) is 5.32 Å². The van der Waals surface area contributed by atoms with Crippen molar-refractivity contribution in [2.45, 2.75) is 6.17 Å². The number of benzene rings is 11. The molecule has 0 fully saturated rings. The number of para-hydroxylation sites is 1. The van der Waals surface area contributed by atoms with Crippen molar-refractivity contribution in [2.75, 3.05) is 0 Å². The van der Waals surface area contributed by atoms with Gasteiger partial charge in [0.25, 0.3) is 0 Å². The van der Waals surface area contributed by atoms with Crippen molar-refractivity contribution in [3.8, 4) is 22.3 Å². The van der Waals surface area contributed by atoms with E-state index in [1.807, 2.05) is 23.5 Å². The van der Waals surface area contributed by atoms with Crippen molar-refractivity contribution >= 4 is 108 Å². The summed E-state index contributed by atoms with van der Waals surface area (Å²) in [6, 6.07) is 76.3. The number of thiophene rings is 1. The number of fused-ring (bicyclic) bond motifs is 14. The summed E-state index contributed by atoms with van der Waals surface area (Å²) < 4.78 is 9.27. The lowest BCUT2D eigenvalue weighted by Gasteiger charge is -2.23. The first kappa shape index (κ1) is 37.0. The number of nitrogens with zero attached hydrogens (tertiary/aromatic N) is 2. The Morgan fingerprint density at radius 1 is 0.364 bits per heavy atom. The van der Waals surface area contributed by atoms with E-state index < -0.39 is 6.17 Å². The van der Waals surface area contributed by atoms with E-state index in [2.05, 4.69) is 206 Å². The molecule has 0 saturated heterocycles. The van der Waals surface area contributed by atoms with Crippen LogP contribution in [0.2, 0.25) is 0 Å². The molecule has 13 aromatic rings. The molecule has 1 aliphatic rings. The first-order valence-electron chi connectivity index (χ1n) is 22.4. The average molecular weight is 860 g/mol. The van der Waals surface area contributed by atoms with E-state index in [-0.39, 0.29) is 0 Å². The molecule has 5 heteroatoms. The van der Waals surface area contributed by atoms with E-state index in [0.29, 0.717) is 0 Å². The van der Waals surface area contributed by atoms with Crippen LogP contribution in [0.15, 0.2) is 227 Å². The molecule has 11 aromatic carbocycles. The monoisotopic (exact) mass is 859 g/mol. The second kappa shape index (κ2) is 14.6. The maximum absolute atomic E-state index is 6.70. The third-order valence-corrected chi connectivity index (χ3v) is 14.6. The number of nitrogens with one attached hydrogen (secondary N) is 1. The van der Waals surface area contributed by atoms with E-state index >= 15 is 0 Å². The van der Waals surface area contributed by atoms with Crippen LogP contribution in [0.4, 0.5) is 0 Å². The quantitative estimate of drug-likeness (QED) is 0.175. The van der Waals surface area contributed by atoms with Gasteiger partial charge in [-0.05, 0) is 114 Å². The van der Waals surface area contributed by atoms with Crippen LogP contribution in [0.1, 0.15) is 22.9 Å². The van der Waals surface area contributed by atoms with Gasteiger partial charge in [-0.15, -0.1) is 11.3 Å². The smallest absolute Gasteiger partial charge is 0.169 e. The first-order chi connectivity index (χ1) is 32.7. The zero-order valence-corrected chi connectivity index (χ0v) is 36.3. The topological polar surface area (TPSA) is 49.9 Å². The maximum Gasteiger partial charge on any atom is 0.169 e. The van der Waals surface area contributed by atoms with Gasteiger partial charge in [0, 0.05) is 47.6 Å². The molecule has 3 heterocycles. The summed E-state index contributed by atoms with van der Waals surface area (Å²) in [5.41, 5.74) is 9.09. The molecular weight excluding hydrogens is 823 g/mol. The zero-order chi connectivity index (χ0) is 43.3. The maximum atomic E-state index is 6.70. The van der Waals surface area contributed by atoms with Gasteiger partial charge in [0.2, 0.25) is 0 Å². The van der Waals surface area contributed by atoms with Gasteiger partial charge in [0.1, 0.15) is 22.8 Å². The molecule has 0 bridgehead atoms. The normalized spacial score (nSPS) is 14.2. The summed E-state index contributed by atoms with van der Waals surface area (Å²) in [4.78, 5) is 10.8. The third-order valence-electron chi connectivity index (χ3n) is 13.5. The molecule has 66 heavy (non-hydrogen) atoms. The van der Waals surface area contributed by atoms with Crippen LogP contribution in [-0.2, 0) is 0 Å². The third kappa shape index (κ3) is 5.84. The molecule has 308 valence electrons. The van der Waals surface area contributed by atoms with Gasteiger partial charge in [-0.2, -0.15) is 0 Å². The highest BCUT2D eigenvalue weighted by Crippen LogP contribution is 2.44. The standard InChI is InChI=1S/C61H37N3OS/c1-2-14-37(15-3-1)59-62-60(41-17-12-16-38(31-41)39-25-28-48-46-21-7-6-19-44(46)45-20-8-9-22-47(45)51(48)32-39)64-61(63-59)42-34-50(57-49-23-10-11-24-53(49)65-54(57)35-42)40-27-29-55-52(33-40)58-43-18-5-4-13-36(43)26-30-56(58)66-55/h1-35,61H,(H,62,63,64). The Hall–Kier alpha value is -8.38. The highest BCUT2D eigenvalue weighted by atomic mass is 32.1. The largest absolute Gasteiger partial charge is 0.456 e. The minimum absolute atomic E-state index is 0.550. The molecule has 0 amide bonds. The predicted octanol–water partition coefficient (Wildman–Crippen LogP) is 16.4. The van der Waals surface area contributed by atoms with Crippen LogP contribution in [0, 0.1) is 0 Å². The van der Waals surface area contributed by atoms with E-state index in [4.69, 9.17) is 14.4 Å². The van der Waals surface area contributed by atoms with Gasteiger partial charge in [-0.1, -0.05) is 164 Å². The lowest BCUT2D eigenvalue weighted by molar-refractivity contribution is 0.665. The molecule has 0 saturated carbocycles. The summed E-state index contributed by atoms with van der Waals surface area (Å²) in [5.74, 6) is 1.53. The van der Waals surface area contributed by atoms with Crippen LogP contribution in [0.3, 0.4) is 0 Å². The van der Waals surface area contributed by atoms with Gasteiger partial charge >= 0.3 is 0 Å². The van der Waals surface area contributed by atoms with E-state index in [9.17, 15) is 0 Å². The molecule has 14 rings (SSSR count). The van der Waals surface area contributed by atoms with Gasteiger partial charge in [0.05, 0.1) is 0 Å². The van der Waals surface area contributed by atoms with Crippen LogP contribution in [0.5, 0.6) is 0 Å². The van der Waals surface area contributed by atoms with E-state index in [1.54, 1.807) is 0 Å². The lowest BCUT2D eigenvalue weighted by Crippen LogP contribution is -2.36. The SMILES string of the molecule is c1ccc(C2=NC(c3cc(-c4ccc5sc6ccc7ccccc7c6c5c4)c4c(c3)oc3ccccc34)N=C(c3cccc(-c4ccc5c6ccccc6c6ccccc6c5c4)c3)N2)cc1. The minimum atomic E-state index is -0.550. The molecule has 1 aliphatic heterocycles. The Balaban J connectivity index is 0.937. The van der Waals surface area contributed by atoms with E-state index in [0.717, 1.165) is 72.6 Å². The van der Waals surface area contributed by atoms with Crippen LogP contribution >= 0.6 is 11.3 Å². The van der Waals surface area contributed by atoms with Crippen molar-refractivity contribution in [2.24, 2.45) is 9.98 Å². The fraction of sp³-hybridized carbons (Fsp3) is 0.0164. The highest BCUT2D eigenvalue weighted by molar-refractivity contribution is 7.26. The molecule has 4 nitrogen and oxygen atoms in total. The zero-order valence-electron chi connectivity index (χ0n) is 35.5. The van der Waals surface area contributed by atoms with Crippen molar-refractivity contribution in [3.05, 3.63) is 229 Å². The summed E-state index contributed by atoms with van der Waals surface area (Å²) >= 11 is 1.85. The molecular formula is C61H37N3OS. The van der Waals surface area contributed by atoms with Crippen molar-refractivity contribution < 1.29 is 4.42 Å². The van der Waals surface area contributed by atoms with E-state index in [1.165, 1.54) is 63.3 Å². The fourth-order valence-electron chi connectivity index (χ4n) is 10.4. The Labute approximate surface area is 383 Å². The molecule has 1 N–H and O–H groups in total. The Bertz CT molecular complexity index is 4180. The number of furan rings is 1. The number of hydrogen-bond donors (Lipinski definition) is 1. The first-order valence-corrected chi connectivity index (χ1v) is 23.2. The predicted molar refractivity (Wildman–Crippen MR) is 279 cm³/mol. The lowest BCUT2D eigenvalue weighted by atomic mass is 9.92. The highest BCUT2D eigenvalue weighted by Gasteiger charge is 2.25. The summed E-state index contributed by atoms with van der Waals surface area (Å²) in [6.45, 7) is 0. The van der Waals surface area contributed by atoms with Crippen molar-refractivity contribution in [1.29, 1.82) is 0 Å². The number of rotatable bonds is 5. The number of amidine groups is 2. The van der Waals surface area contributed by atoms with Gasteiger partial charge < -0.3 is 9.73 Å². The molecule has 2 aromatic heterocycles. The summed E-state index contributed by atoms with van der Waals surface area (Å²) in [5, 5.41) is 18.5. The van der Waals surface area contributed by atoms with Crippen LogP contribution in [-0.4, -0.2) is 11.7 Å². The Morgan fingerprint density at radius 2 is 0.955 bits per heavy atom. The summed E-state index contributed by atoms with van der Waals surface area (Å²) in [6.07, 6.45) is -0.550. The van der Waals surface area contributed by atoms with Crippen LogP contribution in [0.25, 0.3) is 107 Å². The molecule has 1 unspecified atom stereocenters. The fourth-order valence-corrected chi connectivity index (χ4v) is 11.5. The Kier molecular flexibility index (Phi) is 8.18. The summed E-state index contributed by atoms with van der Waals surface area (Å²) in [7, 11) is 0. The Morgan fingerprint density at radius 3 is 1.76 bits per heavy atom. The van der Waals surface area contributed by atoms with Gasteiger partial charge in [-0.3, -0.25) is 0 Å². The number of hydrogen-bond acceptors (Lipinski definition) is 5. The van der Waals surface area contributed by atoms with Gasteiger partial charge in [0.15, 0.2) is 6.17 Å². The minimum Gasteiger partial charge on any atom is -0.456 e. The average Bonchev–Trinajstić information content (AvgIpc) is 3.97. The molecule has 0 spiro atoms.